The normalized spacial score (nSPS) is 23.6. The first-order chi connectivity index (χ1) is 17.9. The van der Waals surface area contributed by atoms with E-state index in [4.69, 9.17) is 38.5 Å². The van der Waals surface area contributed by atoms with Crippen molar-refractivity contribution in [2.75, 3.05) is 61.1 Å². The summed E-state index contributed by atoms with van der Waals surface area (Å²) in [5.41, 5.74) is 1.33. The minimum absolute atomic E-state index is 0.0401. The van der Waals surface area contributed by atoms with Gasteiger partial charge in [0.15, 0.2) is 5.11 Å². The lowest BCUT2D eigenvalue weighted by atomic mass is 9.79. The number of nitrogens with zero attached hydrogens (tertiary/aromatic N) is 4. The third-order valence-electron chi connectivity index (χ3n) is 8.04. The molecule has 9 heteroatoms. The highest BCUT2D eigenvalue weighted by Gasteiger charge is 2.36. The second kappa shape index (κ2) is 11.7. The highest BCUT2D eigenvalue weighted by molar-refractivity contribution is 7.80. The molecule has 3 aliphatic rings. The number of rotatable bonds is 6. The van der Waals surface area contributed by atoms with Crippen LogP contribution in [0.2, 0.25) is 5.02 Å². The van der Waals surface area contributed by atoms with Crippen LogP contribution in [0.3, 0.4) is 0 Å². The molecule has 0 amide bonds. The Morgan fingerprint density at radius 1 is 1.05 bits per heavy atom. The molecule has 1 aliphatic carbocycles. The molecule has 0 spiro atoms. The Morgan fingerprint density at radius 2 is 1.73 bits per heavy atom. The molecule has 0 unspecified atom stereocenters. The van der Waals surface area contributed by atoms with Gasteiger partial charge in [0.05, 0.1) is 13.2 Å². The summed E-state index contributed by atoms with van der Waals surface area (Å²) in [5.74, 6) is 3.71. The van der Waals surface area contributed by atoms with E-state index in [1.165, 1.54) is 24.8 Å². The highest BCUT2D eigenvalue weighted by Crippen LogP contribution is 2.41. The fourth-order valence-electron chi connectivity index (χ4n) is 6.28. The van der Waals surface area contributed by atoms with Crippen LogP contribution in [0.4, 0.5) is 17.6 Å². The van der Waals surface area contributed by atoms with Gasteiger partial charge in [-0.1, -0.05) is 50.4 Å². The fourth-order valence-corrected chi connectivity index (χ4v) is 6.63. The zero-order valence-corrected chi connectivity index (χ0v) is 23.6. The highest BCUT2D eigenvalue weighted by atomic mass is 35.5. The number of hydrogen-bond donors (Lipinski definition) is 2. The van der Waals surface area contributed by atoms with Crippen molar-refractivity contribution in [1.82, 2.24) is 15.3 Å². The first-order valence-electron chi connectivity index (χ1n) is 13.7. The van der Waals surface area contributed by atoms with E-state index in [9.17, 15) is 0 Å². The fraction of sp³-hybridized carbons (Fsp3) is 0.607. The largest absolute Gasteiger partial charge is 0.378 e. The molecule has 37 heavy (non-hydrogen) atoms. The van der Waals surface area contributed by atoms with Gasteiger partial charge in [-0.05, 0) is 61.0 Å². The number of ether oxygens (including phenoxy) is 1. The third kappa shape index (κ3) is 6.47. The average Bonchev–Trinajstić information content (AvgIpc) is 3.38. The van der Waals surface area contributed by atoms with Crippen LogP contribution < -0.4 is 20.4 Å². The van der Waals surface area contributed by atoms with Crippen LogP contribution in [-0.2, 0) is 10.2 Å². The monoisotopic (exact) mass is 542 g/mol. The molecule has 1 saturated carbocycles. The van der Waals surface area contributed by atoms with Crippen LogP contribution in [0.25, 0.3) is 0 Å². The van der Waals surface area contributed by atoms with E-state index < -0.39 is 0 Å². The van der Waals surface area contributed by atoms with E-state index in [0.717, 1.165) is 62.2 Å². The van der Waals surface area contributed by atoms with Gasteiger partial charge >= 0.3 is 0 Å². The van der Waals surface area contributed by atoms with Gasteiger partial charge in [-0.25, -0.2) is 0 Å². The van der Waals surface area contributed by atoms with E-state index in [2.05, 4.69) is 52.5 Å². The van der Waals surface area contributed by atoms with Crippen molar-refractivity contribution in [3.8, 4) is 0 Å². The first kappa shape index (κ1) is 26.4. The Kier molecular flexibility index (Phi) is 8.37. The second-order valence-corrected chi connectivity index (χ2v) is 12.0. The number of piperidine rings is 1. The Hall–Kier alpha value is -2.16. The third-order valence-corrected chi connectivity index (χ3v) is 8.52. The van der Waals surface area contributed by atoms with Crippen LogP contribution >= 0.6 is 23.8 Å². The van der Waals surface area contributed by atoms with Crippen LogP contribution in [0.15, 0.2) is 30.3 Å². The van der Waals surface area contributed by atoms with Gasteiger partial charge in [-0.15, -0.1) is 0 Å². The smallest absolute Gasteiger partial charge is 0.232 e. The van der Waals surface area contributed by atoms with Crippen LogP contribution in [-0.4, -0.2) is 61.0 Å². The summed E-state index contributed by atoms with van der Waals surface area (Å²) in [6.45, 7) is 10.5. The maximum absolute atomic E-state index is 6.34. The molecule has 200 valence electrons. The SMILES string of the molecule is C[C@@H]1C[C@H](C)CN(c2cc(N3CCOCC3)nc(NC(=S)NCC3(c4cccc(Cl)c4)CCCC3)n2)C1. The molecular formula is C28H39ClN6OS. The van der Waals surface area contributed by atoms with E-state index in [-0.39, 0.29) is 5.41 Å². The molecule has 0 bridgehead atoms. The van der Waals surface area contributed by atoms with E-state index in [1.54, 1.807) is 0 Å². The van der Waals surface area contributed by atoms with Gasteiger partial charge in [-0.2, -0.15) is 9.97 Å². The topological polar surface area (TPSA) is 65.6 Å². The molecule has 0 radical (unpaired) electrons. The van der Waals surface area contributed by atoms with Crippen LogP contribution in [0, 0.1) is 11.8 Å². The summed E-state index contributed by atoms with van der Waals surface area (Å²) in [6.07, 6.45) is 5.94. The van der Waals surface area contributed by atoms with Gasteiger partial charge in [0, 0.05) is 49.2 Å². The lowest BCUT2D eigenvalue weighted by Crippen LogP contribution is -2.42. The van der Waals surface area contributed by atoms with E-state index in [1.807, 2.05) is 12.1 Å². The Labute approximate surface area is 231 Å². The molecule has 2 aromatic rings. The lowest BCUT2D eigenvalue weighted by molar-refractivity contribution is 0.122. The molecule has 2 N–H and O–H groups in total. The molecule has 2 saturated heterocycles. The number of halogens is 1. The summed E-state index contributed by atoms with van der Waals surface area (Å²) in [4.78, 5) is 14.5. The maximum atomic E-state index is 6.34. The second-order valence-electron chi connectivity index (χ2n) is 11.2. The number of thiocarbonyl (C=S) groups is 1. The Morgan fingerprint density at radius 3 is 2.41 bits per heavy atom. The number of benzene rings is 1. The molecule has 5 rings (SSSR count). The molecule has 7 nitrogen and oxygen atoms in total. The molecule has 1 aromatic carbocycles. The summed E-state index contributed by atoms with van der Waals surface area (Å²) in [5, 5.41) is 8.15. The van der Waals surface area contributed by atoms with Crippen molar-refractivity contribution < 1.29 is 4.74 Å². The lowest BCUT2D eigenvalue weighted by Gasteiger charge is -2.36. The number of aromatic nitrogens is 2. The van der Waals surface area contributed by atoms with Crippen molar-refractivity contribution >= 4 is 46.5 Å². The molecular weight excluding hydrogens is 504 g/mol. The van der Waals surface area contributed by atoms with Gasteiger partial charge in [0.25, 0.3) is 0 Å². The number of nitrogens with one attached hydrogen (secondary N) is 2. The number of hydrogen-bond acceptors (Lipinski definition) is 6. The summed E-state index contributed by atoms with van der Waals surface area (Å²) in [6, 6.07) is 10.4. The summed E-state index contributed by atoms with van der Waals surface area (Å²) in [7, 11) is 0. The number of morpholine rings is 1. The maximum Gasteiger partial charge on any atom is 0.232 e. The van der Waals surface area contributed by atoms with Crippen molar-refractivity contribution in [2.24, 2.45) is 11.8 Å². The van der Waals surface area contributed by atoms with Crippen molar-refractivity contribution in [2.45, 2.75) is 51.4 Å². The predicted octanol–water partition coefficient (Wildman–Crippen LogP) is 5.25. The van der Waals surface area contributed by atoms with Crippen LogP contribution in [0.5, 0.6) is 0 Å². The Balaban J connectivity index is 1.33. The van der Waals surface area contributed by atoms with Crippen molar-refractivity contribution in [1.29, 1.82) is 0 Å². The summed E-state index contributed by atoms with van der Waals surface area (Å²) < 4.78 is 5.57. The quantitative estimate of drug-likeness (QED) is 0.480. The molecule has 3 heterocycles. The average molecular weight is 543 g/mol. The van der Waals surface area contributed by atoms with Gasteiger partial charge < -0.3 is 25.2 Å². The minimum Gasteiger partial charge on any atom is -0.378 e. The van der Waals surface area contributed by atoms with Crippen LogP contribution in [0.1, 0.15) is 51.5 Å². The van der Waals surface area contributed by atoms with Crippen molar-refractivity contribution in [3.05, 3.63) is 40.9 Å². The summed E-state index contributed by atoms with van der Waals surface area (Å²) >= 11 is 12.1. The zero-order valence-electron chi connectivity index (χ0n) is 22.0. The first-order valence-corrected chi connectivity index (χ1v) is 14.5. The molecule has 2 atom stereocenters. The molecule has 2 aliphatic heterocycles. The zero-order chi connectivity index (χ0) is 25.8. The predicted molar refractivity (Wildman–Crippen MR) is 156 cm³/mol. The standard InChI is InChI=1S/C28H39ClN6OS/c1-20-14-21(2)18-35(17-20)25-16-24(34-10-12-36-13-11-34)31-26(32-25)33-27(37)30-19-28(8-3-4-9-28)22-6-5-7-23(29)15-22/h5-7,15-16,20-21H,3-4,8-14,17-19H2,1-2H3,(H2,30,31,32,33,37)/t20-,21+. The van der Waals surface area contributed by atoms with Crippen molar-refractivity contribution in [3.63, 3.8) is 0 Å². The Bertz CT molecular complexity index is 1080. The van der Waals surface area contributed by atoms with Gasteiger partial charge in [0.2, 0.25) is 5.95 Å². The van der Waals surface area contributed by atoms with E-state index >= 15 is 0 Å². The molecule has 3 fully saturated rings. The van der Waals surface area contributed by atoms with Gasteiger partial charge in [-0.3, -0.25) is 0 Å². The minimum atomic E-state index is 0.0401. The molecule has 1 aromatic heterocycles. The van der Waals surface area contributed by atoms with E-state index in [0.29, 0.717) is 36.1 Å². The number of anilines is 3. The van der Waals surface area contributed by atoms with Gasteiger partial charge in [0.1, 0.15) is 11.6 Å².